The van der Waals surface area contributed by atoms with Gasteiger partial charge in [0.25, 0.3) is 0 Å². The Morgan fingerprint density at radius 3 is 2.95 bits per heavy atom. The summed E-state index contributed by atoms with van der Waals surface area (Å²) in [6.07, 6.45) is 2.28. The van der Waals surface area contributed by atoms with Crippen molar-refractivity contribution in [1.82, 2.24) is 4.98 Å². The Morgan fingerprint density at radius 1 is 1.52 bits per heavy atom. The van der Waals surface area contributed by atoms with Crippen molar-refractivity contribution in [1.29, 1.82) is 0 Å². The second-order valence-electron chi connectivity index (χ2n) is 3.92. The van der Waals surface area contributed by atoms with E-state index in [9.17, 15) is 14.9 Å². The van der Waals surface area contributed by atoms with Gasteiger partial charge in [-0.2, -0.15) is 0 Å². The van der Waals surface area contributed by atoms with Gasteiger partial charge in [0, 0.05) is 17.5 Å². The van der Waals surface area contributed by atoms with E-state index in [1.54, 1.807) is 10.9 Å². The first-order valence-corrected chi connectivity index (χ1v) is 6.70. The first-order chi connectivity index (χ1) is 10.1. The molecule has 7 nitrogen and oxygen atoms in total. The van der Waals surface area contributed by atoms with E-state index in [0.29, 0.717) is 11.3 Å². The SMILES string of the molecule is O=C(O)C=Cc1ccc([N+](=O)[O-])c(OCc2cscn2)c1. The van der Waals surface area contributed by atoms with Crippen LogP contribution in [0, 0.1) is 10.1 Å². The highest BCUT2D eigenvalue weighted by Gasteiger charge is 2.15. The molecule has 21 heavy (non-hydrogen) atoms. The van der Waals surface area contributed by atoms with Gasteiger partial charge < -0.3 is 9.84 Å². The van der Waals surface area contributed by atoms with Crippen molar-refractivity contribution in [2.75, 3.05) is 0 Å². The van der Waals surface area contributed by atoms with Crippen LogP contribution in [0.5, 0.6) is 5.75 Å². The molecule has 1 heterocycles. The predicted octanol–water partition coefficient (Wildman–Crippen LogP) is 2.73. The minimum absolute atomic E-state index is 0.0699. The summed E-state index contributed by atoms with van der Waals surface area (Å²) in [6, 6.07) is 4.15. The van der Waals surface area contributed by atoms with E-state index < -0.39 is 10.9 Å². The number of hydrogen-bond acceptors (Lipinski definition) is 6. The largest absolute Gasteiger partial charge is 0.480 e. The summed E-state index contributed by atoms with van der Waals surface area (Å²) in [5.41, 5.74) is 2.62. The molecule has 0 aliphatic carbocycles. The summed E-state index contributed by atoms with van der Waals surface area (Å²) >= 11 is 1.40. The zero-order chi connectivity index (χ0) is 15.2. The van der Waals surface area contributed by atoms with Crippen molar-refractivity contribution in [2.45, 2.75) is 6.61 Å². The number of rotatable bonds is 6. The monoisotopic (exact) mass is 306 g/mol. The average Bonchev–Trinajstić information content (AvgIpc) is 2.96. The molecule has 0 radical (unpaired) electrons. The highest BCUT2D eigenvalue weighted by Crippen LogP contribution is 2.29. The van der Waals surface area contributed by atoms with E-state index >= 15 is 0 Å². The smallest absolute Gasteiger partial charge is 0.328 e. The van der Waals surface area contributed by atoms with Gasteiger partial charge in [0.2, 0.25) is 0 Å². The lowest BCUT2D eigenvalue weighted by atomic mass is 10.1. The highest BCUT2D eigenvalue weighted by atomic mass is 32.1. The summed E-state index contributed by atoms with van der Waals surface area (Å²) in [5, 5.41) is 21.3. The molecule has 0 unspecified atom stereocenters. The van der Waals surface area contributed by atoms with E-state index in [4.69, 9.17) is 9.84 Å². The molecule has 0 bridgehead atoms. The molecule has 0 atom stereocenters. The zero-order valence-electron chi connectivity index (χ0n) is 10.6. The van der Waals surface area contributed by atoms with Crippen LogP contribution in [0.4, 0.5) is 5.69 Å². The van der Waals surface area contributed by atoms with Gasteiger partial charge in [-0.3, -0.25) is 10.1 Å². The second-order valence-corrected chi connectivity index (χ2v) is 4.64. The molecule has 1 aromatic carbocycles. The van der Waals surface area contributed by atoms with E-state index in [-0.39, 0.29) is 18.0 Å². The minimum atomic E-state index is -1.10. The Morgan fingerprint density at radius 2 is 2.33 bits per heavy atom. The van der Waals surface area contributed by atoms with E-state index in [1.165, 1.54) is 35.6 Å². The fourth-order valence-electron chi connectivity index (χ4n) is 1.53. The molecule has 0 aliphatic heterocycles. The molecule has 8 heteroatoms. The average molecular weight is 306 g/mol. The van der Waals surface area contributed by atoms with Crippen LogP contribution in [0.1, 0.15) is 11.3 Å². The number of benzene rings is 1. The lowest BCUT2D eigenvalue weighted by Gasteiger charge is -2.06. The summed E-state index contributed by atoms with van der Waals surface area (Å²) in [5.74, 6) is -1.03. The van der Waals surface area contributed by atoms with Crippen LogP contribution in [0.2, 0.25) is 0 Å². The van der Waals surface area contributed by atoms with Crippen LogP contribution in [0.15, 0.2) is 35.2 Å². The van der Waals surface area contributed by atoms with Crippen LogP contribution in [0.3, 0.4) is 0 Å². The van der Waals surface area contributed by atoms with E-state index in [0.717, 1.165) is 6.08 Å². The Bertz CT molecular complexity index is 682. The molecule has 2 aromatic rings. The van der Waals surface area contributed by atoms with Gasteiger partial charge in [0.1, 0.15) is 6.61 Å². The molecule has 0 saturated carbocycles. The summed E-state index contributed by atoms with van der Waals surface area (Å²) in [6.45, 7) is 0.108. The van der Waals surface area contributed by atoms with Gasteiger partial charge in [-0.15, -0.1) is 11.3 Å². The second kappa shape index (κ2) is 6.62. The van der Waals surface area contributed by atoms with Crippen molar-refractivity contribution in [3.63, 3.8) is 0 Å². The molecular weight excluding hydrogens is 296 g/mol. The van der Waals surface area contributed by atoms with Gasteiger partial charge in [-0.25, -0.2) is 9.78 Å². The third-order valence-corrected chi connectivity index (χ3v) is 3.09. The molecule has 1 N–H and O–H groups in total. The number of ether oxygens (including phenoxy) is 1. The molecule has 2 rings (SSSR count). The van der Waals surface area contributed by atoms with Crippen molar-refractivity contribution >= 4 is 29.1 Å². The summed E-state index contributed by atoms with van der Waals surface area (Å²) < 4.78 is 5.41. The highest BCUT2D eigenvalue weighted by molar-refractivity contribution is 7.07. The molecule has 0 amide bonds. The Labute approximate surface area is 123 Å². The maximum Gasteiger partial charge on any atom is 0.328 e. The van der Waals surface area contributed by atoms with Crippen molar-refractivity contribution in [3.8, 4) is 5.75 Å². The number of nitrogens with zero attached hydrogens (tertiary/aromatic N) is 2. The molecule has 1 aromatic heterocycles. The number of thiazole rings is 1. The van der Waals surface area contributed by atoms with Crippen molar-refractivity contribution < 1.29 is 19.6 Å². The molecule has 0 spiro atoms. The molecular formula is C13H10N2O5S. The number of carboxylic acid groups (broad SMARTS) is 1. The third-order valence-electron chi connectivity index (χ3n) is 2.46. The van der Waals surface area contributed by atoms with Crippen LogP contribution in [-0.4, -0.2) is 21.0 Å². The third kappa shape index (κ3) is 4.11. The first-order valence-electron chi connectivity index (χ1n) is 5.75. The van der Waals surface area contributed by atoms with Gasteiger partial charge >= 0.3 is 11.7 Å². The standard InChI is InChI=1S/C13H10N2O5S/c16-13(17)4-2-9-1-3-11(15(18)19)12(5-9)20-6-10-7-21-8-14-10/h1-5,7-8H,6H2,(H,16,17). The van der Waals surface area contributed by atoms with Crippen molar-refractivity contribution in [3.05, 3.63) is 56.5 Å². The van der Waals surface area contributed by atoms with Crippen LogP contribution in [0.25, 0.3) is 6.08 Å². The van der Waals surface area contributed by atoms with Crippen LogP contribution in [-0.2, 0) is 11.4 Å². The van der Waals surface area contributed by atoms with E-state index in [2.05, 4.69) is 4.98 Å². The molecule has 0 saturated heterocycles. The number of aromatic nitrogens is 1. The number of carbonyl (C=O) groups is 1. The number of nitro benzene ring substituents is 1. The van der Waals surface area contributed by atoms with Gasteiger partial charge in [-0.05, 0) is 23.8 Å². The Balaban J connectivity index is 2.24. The molecule has 108 valence electrons. The lowest BCUT2D eigenvalue weighted by Crippen LogP contribution is -1.99. The summed E-state index contributed by atoms with van der Waals surface area (Å²) in [7, 11) is 0. The molecule has 0 aliphatic rings. The fraction of sp³-hybridized carbons (Fsp3) is 0.0769. The number of aliphatic carboxylic acids is 1. The maximum absolute atomic E-state index is 11.0. The lowest BCUT2D eigenvalue weighted by molar-refractivity contribution is -0.385. The zero-order valence-corrected chi connectivity index (χ0v) is 11.4. The Kier molecular flexibility index (Phi) is 4.62. The van der Waals surface area contributed by atoms with Crippen LogP contribution < -0.4 is 4.74 Å². The minimum Gasteiger partial charge on any atom is -0.480 e. The fourth-order valence-corrected chi connectivity index (χ4v) is 2.07. The maximum atomic E-state index is 11.0. The number of carboxylic acids is 1. The summed E-state index contributed by atoms with van der Waals surface area (Å²) in [4.78, 5) is 24.9. The van der Waals surface area contributed by atoms with Crippen LogP contribution >= 0.6 is 11.3 Å². The normalized spacial score (nSPS) is 10.7. The topological polar surface area (TPSA) is 103 Å². The number of nitro groups is 1. The first kappa shape index (κ1) is 14.7. The van der Waals surface area contributed by atoms with Crippen molar-refractivity contribution in [2.24, 2.45) is 0 Å². The van der Waals surface area contributed by atoms with Gasteiger partial charge in [-0.1, -0.05) is 0 Å². The van der Waals surface area contributed by atoms with Gasteiger partial charge in [0.15, 0.2) is 5.75 Å². The predicted molar refractivity (Wildman–Crippen MR) is 76.2 cm³/mol. The number of hydrogen-bond donors (Lipinski definition) is 1. The van der Waals surface area contributed by atoms with E-state index in [1.807, 2.05) is 0 Å². The quantitative estimate of drug-likeness (QED) is 0.500. The Hall–Kier alpha value is -2.74. The molecule has 0 fully saturated rings. The van der Waals surface area contributed by atoms with Gasteiger partial charge in [0.05, 0.1) is 16.1 Å².